The molecule has 4 aromatic rings. The maximum Gasteiger partial charge on any atom is 0.339 e. The number of halogens is 2. The summed E-state index contributed by atoms with van der Waals surface area (Å²) in [5.74, 6) is -2.19. The van der Waals surface area contributed by atoms with Crippen molar-refractivity contribution in [2.45, 2.75) is 13.0 Å². The van der Waals surface area contributed by atoms with E-state index in [9.17, 15) is 19.2 Å². The maximum atomic E-state index is 13.3. The largest absolute Gasteiger partial charge is 0.445 e. The highest BCUT2D eigenvalue weighted by atomic mass is 35.5. The van der Waals surface area contributed by atoms with Crippen LogP contribution in [-0.4, -0.2) is 23.6 Å². The van der Waals surface area contributed by atoms with Gasteiger partial charge < -0.3 is 4.74 Å². The molecule has 188 valence electrons. The molecule has 0 saturated heterocycles. The topological polar surface area (TPSA) is 80.8 Å². The molecule has 6 nitrogen and oxygen atoms in total. The third kappa shape index (κ3) is 4.72. The van der Waals surface area contributed by atoms with E-state index >= 15 is 0 Å². The molecule has 1 aliphatic rings. The average Bonchev–Trinajstić information content (AvgIpc) is 3.16. The van der Waals surface area contributed by atoms with Gasteiger partial charge in [0.25, 0.3) is 11.8 Å². The average molecular weight is 544 g/mol. The zero-order valence-corrected chi connectivity index (χ0v) is 21.5. The van der Waals surface area contributed by atoms with Crippen molar-refractivity contribution < 1.29 is 23.9 Å². The molecule has 38 heavy (non-hydrogen) atoms. The quantitative estimate of drug-likeness (QED) is 0.150. The van der Waals surface area contributed by atoms with Gasteiger partial charge >= 0.3 is 5.97 Å². The number of imide groups is 1. The fourth-order valence-corrected chi connectivity index (χ4v) is 4.49. The van der Waals surface area contributed by atoms with Crippen LogP contribution in [0, 0.1) is 6.92 Å². The smallest absolute Gasteiger partial charge is 0.339 e. The zero-order chi connectivity index (χ0) is 27.0. The van der Waals surface area contributed by atoms with Gasteiger partial charge in [0.1, 0.15) is 0 Å². The lowest BCUT2D eigenvalue weighted by Crippen LogP contribution is -2.29. The number of carbonyl (C=O) groups is 4. The van der Waals surface area contributed by atoms with Crippen molar-refractivity contribution >= 4 is 52.5 Å². The van der Waals surface area contributed by atoms with Crippen LogP contribution < -0.4 is 4.90 Å². The Morgan fingerprint density at radius 1 is 0.737 bits per heavy atom. The Kier molecular flexibility index (Phi) is 6.85. The van der Waals surface area contributed by atoms with Crippen LogP contribution in [0.2, 0.25) is 10.0 Å². The van der Waals surface area contributed by atoms with Gasteiger partial charge in [0.15, 0.2) is 6.10 Å². The van der Waals surface area contributed by atoms with Crippen molar-refractivity contribution in [1.29, 1.82) is 0 Å². The van der Waals surface area contributed by atoms with Crippen LogP contribution in [0.1, 0.15) is 58.7 Å². The van der Waals surface area contributed by atoms with Gasteiger partial charge in [0.05, 0.1) is 32.4 Å². The fourth-order valence-electron chi connectivity index (χ4n) is 4.16. The summed E-state index contributed by atoms with van der Waals surface area (Å²) in [5, 5.41) is 0.333. The molecule has 0 saturated carbocycles. The van der Waals surface area contributed by atoms with Gasteiger partial charge in [0, 0.05) is 11.1 Å². The molecular formula is C30H19Cl2NO5. The van der Waals surface area contributed by atoms with Crippen molar-refractivity contribution in [2.24, 2.45) is 0 Å². The van der Waals surface area contributed by atoms with Crippen LogP contribution >= 0.6 is 23.2 Å². The number of hydrogen-bond acceptors (Lipinski definition) is 5. The molecule has 0 bridgehead atoms. The Bertz CT molecular complexity index is 1540. The number of ether oxygens (including phenoxy) is 1. The number of fused-ring (bicyclic) bond motifs is 1. The second-order valence-corrected chi connectivity index (χ2v) is 9.55. The van der Waals surface area contributed by atoms with E-state index in [-0.39, 0.29) is 38.2 Å². The molecule has 0 unspecified atom stereocenters. The third-order valence-corrected chi connectivity index (χ3v) is 6.91. The lowest BCUT2D eigenvalue weighted by molar-refractivity contribution is 0.0280. The molecule has 0 N–H and O–H groups in total. The number of ketones is 1. The molecule has 1 atom stereocenters. The van der Waals surface area contributed by atoms with Crippen LogP contribution in [-0.2, 0) is 4.74 Å². The Morgan fingerprint density at radius 2 is 1.26 bits per heavy atom. The third-order valence-electron chi connectivity index (χ3n) is 6.19. The Balaban J connectivity index is 1.39. The van der Waals surface area contributed by atoms with Crippen molar-refractivity contribution in [3.63, 3.8) is 0 Å². The van der Waals surface area contributed by atoms with Gasteiger partial charge in [-0.15, -0.1) is 0 Å². The maximum absolute atomic E-state index is 13.3. The number of Topliss-reactive ketones (excluding diaryl/α,β-unsaturated/α-hetero) is 1. The predicted molar refractivity (Wildman–Crippen MR) is 144 cm³/mol. The first-order valence-corrected chi connectivity index (χ1v) is 12.3. The number of benzene rings is 4. The highest BCUT2D eigenvalue weighted by Gasteiger charge is 2.37. The Morgan fingerprint density at radius 3 is 1.82 bits per heavy atom. The number of hydrogen-bond donors (Lipinski definition) is 0. The molecule has 4 aromatic carbocycles. The van der Waals surface area contributed by atoms with Crippen LogP contribution in [0.15, 0.2) is 91.0 Å². The summed E-state index contributed by atoms with van der Waals surface area (Å²) in [7, 11) is 0. The summed E-state index contributed by atoms with van der Waals surface area (Å²) in [6.45, 7) is 1.92. The number of anilines is 1. The Labute approximate surface area is 228 Å². The first-order chi connectivity index (χ1) is 18.2. The highest BCUT2D eigenvalue weighted by Crippen LogP contribution is 2.34. The van der Waals surface area contributed by atoms with E-state index in [1.807, 2.05) is 19.1 Å². The van der Waals surface area contributed by atoms with Crippen LogP contribution in [0.4, 0.5) is 5.69 Å². The van der Waals surface area contributed by atoms with E-state index in [1.54, 1.807) is 42.5 Å². The molecule has 1 heterocycles. The summed E-state index contributed by atoms with van der Waals surface area (Å²) in [6, 6.07) is 24.3. The van der Waals surface area contributed by atoms with E-state index in [4.69, 9.17) is 27.9 Å². The lowest BCUT2D eigenvalue weighted by atomic mass is 9.99. The molecule has 0 aromatic heterocycles. The molecule has 2 amide bonds. The fraction of sp³-hybridized carbons (Fsp3) is 0.0667. The number of aryl methyl sites for hydroxylation is 1. The second kappa shape index (κ2) is 10.2. The van der Waals surface area contributed by atoms with E-state index in [0.29, 0.717) is 11.1 Å². The number of esters is 1. The molecule has 8 heteroatoms. The lowest BCUT2D eigenvalue weighted by Gasteiger charge is -2.18. The monoisotopic (exact) mass is 543 g/mol. The molecular weight excluding hydrogens is 525 g/mol. The number of amides is 2. The second-order valence-electron chi connectivity index (χ2n) is 8.73. The van der Waals surface area contributed by atoms with Crippen molar-refractivity contribution in [3.05, 3.63) is 134 Å². The molecule has 0 spiro atoms. The van der Waals surface area contributed by atoms with Gasteiger partial charge in [-0.3, -0.25) is 14.4 Å². The summed E-state index contributed by atoms with van der Waals surface area (Å²) < 4.78 is 5.69. The Hall–Kier alpha value is -4.26. The minimum atomic E-state index is -1.16. The van der Waals surface area contributed by atoms with Gasteiger partial charge in [-0.1, -0.05) is 83.4 Å². The summed E-state index contributed by atoms with van der Waals surface area (Å²) in [4.78, 5) is 53.2. The van der Waals surface area contributed by atoms with Gasteiger partial charge in [0.2, 0.25) is 5.78 Å². The predicted octanol–water partition coefficient (Wildman–Crippen LogP) is 6.88. The standard InChI is InChI=1S/C30H19Cl2NO5/c1-17-7-9-18(10-8-17)26(34)27(19-5-3-2-4-6-19)38-30(37)20-11-13-21(14-12-20)33-28(35)22-15-24(31)25(32)16-23(22)29(33)36/h2-16,27H,1H3/t27-/m0/s1. The minimum absolute atomic E-state index is 0.146. The molecule has 5 rings (SSSR count). The number of rotatable bonds is 6. The molecule has 0 aliphatic carbocycles. The highest BCUT2D eigenvalue weighted by molar-refractivity contribution is 6.44. The minimum Gasteiger partial charge on any atom is -0.445 e. The number of nitrogens with zero attached hydrogens (tertiary/aromatic N) is 1. The van der Waals surface area contributed by atoms with Gasteiger partial charge in [-0.2, -0.15) is 0 Å². The first-order valence-electron chi connectivity index (χ1n) is 11.6. The van der Waals surface area contributed by atoms with Crippen molar-refractivity contribution in [2.75, 3.05) is 4.90 Å². The first kappa shape index (κ1) is 25.4. The van der Waals surface area contributed by atoms with Crippen molar-refractivity contribution in [3.8, 4) is 0 Å². The summed E-state index contributed by atoms with van der Waals surface area (Å²) in [6.07, 6.45) is -1.16. The zero-order valence-electron chi connectivity index (χ0n) is 20.0. The SMILES string of the molecule is Cc1ccc(C(=O)[C@@H](OC(=O)c2ccc(N3C(=O)c4cc(Cl)c(Cl)cc4C3=O)cc2)c2ccccc2)cc1. The summed E-state index contributed by atoms with van der Waals surface area (Å²) in [5.41, 5.74) is 2.65. The van der Waals surface area contributed by atoms with E-state index in [0.717, 1.165) is 10.5 Å². The van der Waals surface area contributed by atoms with E-state index in [2.05, 4.69) is 0 Å². The van der Waals surface area contributed by atoms with Gasteiger partial charge in [-0.25, -0.2) is 9.69 Å². The van der Waals surface area contributed by atoms with Crippen molar-refractivity contribution in [1.82, 2.24) is 0 Å². The van der Waals surface area contributed by atoms with Crippen LogP contribution in [0.25, 0.3) is 0 Å². The summed E-state index contributed by atoms with van der Waals surface area (Å²) >= 11 is 12.0. The molecule has 0 radical (unpaired) electrons. The van der Waals surface area contributed by atoms with Crippen LogP contribution in [0.5, 0.6) is 0 Å². The normalized spacial score (nSPS) is 13.3. The van der Waals surface area contributed by atoms with Gasteiger partial charge in [-0.05, 0) is 43.3 Å². The van der Waals surface area contributed by atoms with E-state index < -0.39 is 23.9 Å². The van der Waals surface area contributed by atoms with E-state index in [1.165, 1.54) is 36.4 Å². The van der Waals surface area contributed by atoms with Crippen LogP contribution in [0.3, 0.4) is 0 Å². The molecule has 1 aliphatic heterocycles. The number of carbonyl (C=O) groups excluding carboxylic acids is 4. The molecule has 0 fully saturated rings.